The van der Waals surface area contributed by atoms with Crippen LogP contribution in [0.2, 0.25) is 0 Å². The minimum Gasteiger partial charge on any atom is -0.444 e. The van der Waals surface area contributed by atoms with Crippen LogP contribution in [0.5, 0.6) is 0 Å². The van der Waals surface area contributed by atoms with Gasteiger partial charge in [0.05, 0.1) is 5.04 Å². The van der Waals surface area contributed by atoms with Crippen molar-refractivity contribution in [1.29, 1.82) is 0 Å². The maximum atomic E-state index is 12.0. The molecule has 1 atom stereocenters. The van der Waals surface area contributed by atoms with Crippen molar-refractivity contribution in [2.75, 3.05) is 6.26 Å². The highest BCUT2D eigenvalue weighted by Gasteiger charge is 2.46. The standard InChI is InChI=1S/C10H17N3O2.C8H13F3N2O4S.C8H15NO2S.3C7H9N/c1-8(13-7-5-6-11-13)12-9(14)15-10(2,3)4;1-5(12-6(14)17-7(2,3)4)13-18(15,16)8(9,10)11;1-6(12-5)9-7(10)11-8(2,3)4;3*8-6-7-4-2-1-3-5-7/h5-8H,1-4H3,(H,12,14);1-4H3,(H,12,13,14);1-5H3;3*1-5H,6,8H2. The van der Waals surface area contributed by atoms with Crippen LogP contribution in [0.25, 0.3) is 0 Å². The summed E-state index contributed by atoms with van der Waals surface area (Å²) >= 11 is 1.43. The van der Waals surface area contributed by atoms with E-state index in [2.05, 4.69) is 19.8 Å². The molecule has 1 unspecified atom stereocenters. The normalized spacial score (nSPS) is 12.0. The molecule has 8 N–H and O–H groups in total. The number of halogens is 3. The largest absolute Gasteiger partial charge is 0.518 e. The highest BCUT2D eigenvalue weighted by Crippen LogP contribution is 2.24. The van der Waals surface area contributed by atoms with Gasteiger partial charge in [-0.3, -0.25) is 15.3 Å². The average molecular weight is 1010 g/mol. The van der Waals surface area contributed by atoms with E-state index in [-0.39, 0.29) is 6.17 Å². The first-order valence-electron chi connectivity index (χ1n) is 21.2. The van der Waals surface area contributed by atoms with Crippen LogP contribution >= 0.6 is 11.8 Å². The first-order valence-corrected chi connectivity index (χ1v) is 23.8. The molecule has 4 aromatic rings. The Balaban J connectivity index is 0. The fourth-order valence-electron chi connectivity index (χ4n) is 4.06. The smallest absolute Gasteiger partial charge is 0.444 e. The fourth-order valence-corrected chi connectivity index (χ4v) is 4.74. The number of thioether (sulfide) groups is 1. The van der Waals surface area contributed by atoms with Gasteiger partial charge in [0.15, 0.2) is 0 Å². The summed E-state index contributed by atoms with van der Waals surface area (Å²) in [7, 11) is -5.67. The van der Waals surface area contributed by atoms with E-state index in [4.69, 9.17) is 31.4 Å². The third-order valence-electron chi connectivity index (χ3n) is 7.05. The second-order valence-corrected chi connectivity index (χ2v) is 19.5. The molecule has 0 aliphatic heterocycles. The molecule has 22 heteroatoms. The first-order chi connectivity index (χ1) is 31.8. The SMILES string of the molecule is CC(=NS(=O)(=O)C(F)(F)F)NC(=O)OC(C)(C)C.CC(NC(=O)OC(C)(C)C)n1cccn1.CSC(C)=NC(=O)OC(C)(C)C.NCc1ccccc1.NCc1ccccc1.NCc1ccccc1. The lowest BCUT2D eigenvalue weighted by atomic mass is 10.2. The van der Waals surface area contributed by atoms with Crippen molar-refractivity contribution in [1.82, 2.24) is 20.4 Å². The highest BCUT2D eigenvalue weighted by atomic mass is 32.2. The summed E-state index contributed by atoms with van der Waals surface area (Å²) in [4.78, 5) is 37.2. The van der Waals surface area contributed by atoms with Gasteiger partial charge in [0, 0.05) is 32.0 Å². The number of aliphatic imine (C=N–C) groups is 1. The van der Waals surface area contributed by atoms with Gasteiger partial charge in [-0.15, -0.1) is 16.2 Å². The van der Waals surface area contributed by atoms with E-state index in [1.165, 1.54) is 49.2 Å². The van der Waals surface area contributed by atoms with Crippen LogP contribution in [0.1, 0.15) is 106 Å². The number of carbonyl (C=O) groups excluding carboxylic acids is 3. The van der Waals surface area contributed by atoms with Crippen molar-refractivity contribution in [3.8, 4) is 0 Å². The molecule has 4 rings (SSSR count). The number of ether oxygens (including phenoxy) is 3. The van der Waals surface area contributed by atoms with E-state index in [0.717, 1.165) is 6.92 Å². The lowest BCUT2D eigenvalue weighted by molar-refractivity contribution is -0.0435. The molecule has 1 aromatic heterocycles. The summed E-state index contributed by atoms with van der Waals surface area (Å²) in [5.41, 5.74) is 12.3. The topological polar surface area (TPSA) is 258 Å². The highest BCUT2D eigenvalue weighted by molar-refractivity contribution is 8.13. The number of carbonyl (C=O) groups is 3. The molecular formula is C47H72F3N9O8S2. The number of nitrogens with one attached hydrogen (secondary N) is 2. The van der Waals surface area contributed by atoms with Crippen LogP contribution in [-0.2, 0) is 43.9 Å². The Morgan fingerprint density at radius 3 is 1.35 bits per heavy atom. The van der Waals surface area contributed by atoms with Gasteiger partial charge in [-0.05, 0) is 112 Å². The number of hydrogen-bond donors (Lipinski definition) is 5. The van der Waals surface area contributed by atoms with Crippen molar-refractivity contribution in [2.45, 2.75) is 131 Å². The Labute approximate surface area is 410 Å². The van der Waals surface area contributed by atoms with Gasteiger partial charge in [-0.2, -0.15) is 31.7 Å². The predicted molar refractivity (Wildman–Crippen MR) is 270 cm³/mol. The monoisotopic (exact) mass is 1010 g/mol. The van der Waals surface area contributed by atoms with Crippen molar-refractivity contribution in [2.24, 2.45) is 26.6 Å². The van der Waals surface area contributed by atoms with Crippen molar-refractivity contribution in [3.05, 3.63) is 126 Å². The van der Waals surface area contributed by atoms with Crippen molar-refractivity contribution >= 4 is 50.9 Å². The Morgan fingerprint density at radius 1 is 0.681 bits per heavy atom. The van der Waals surface area contributed by atoms with Crippen molar-refractivity contribution < 1.29 is 50.2 Å². The van der Waals surface area contributed by atoms with E-state index < -0.39 is 56.5 Å². The number of benzene rings is 3. The molecule has 3 aromatic carbocycles. The zero-order chi connectivity index (χ0) is 53.5. The van der Waals surface area contributed by atoms with E-state index in [1.807, 2.05) is 146 Å². The molecule has 3 amide bonds. The quantitative estimate of drug-likeness (QED) is 0.0685. The number of sulfonamides is 1. The summed E-state index contributed by atoms with van der Waals surface area (Å²) in [5, 5.41) is 9.18. The molecule has 0 spiro atoms. The fraction of sp³-hybridized carbons (Fsp3) is 0.447. The second-order valence-electron chi connectivity index (χ2n) is 16.9. The van der Waals surface area contributed by atoms with E-state index in [0.29, 0.717) is 24.7 Å². The van der Waals surface area contributed by atoms with Crippen LogP contribution in [0.15, 0.2) is 119 Å². The van der Waals surface area contributed by atoms with Crippen LogP contribution < -0.4 is 27.8 Å². The molecule has 0 aliphatic rings. The van der Waals surface area contributed by atoms with Crippen LogP contribution in [0, 0.1) is 0 Å². The van der Waals surface area contributed by atoms with Crippen LogP contribution in [-0.4, -0.2) is 75.9 Å². The first kappa shape index (κ1) is 65.3. The van der Waals surface area contributed by atoms with E-state index >= 15 is 0 Å². The number of amides is 3. The summed E-state index contributed by atoms with van der Waals surface area (Å²) in [6, 6.07) is 31.8. The Kier molecular flexibility index (Phi) is 31.1. The molecule has 69 heavy (non-hydrogen) atoms. The lowest BCUT2D eigenvalue weighted by Crippen LogP contribution is -2.36. The van der Waals surface area contributed by atoms with Gasteiger partial charge in [0.2, 0.25) is 0 Å². The molecule has 1 heterocycles. The number of amidine groups is 1. The number of aromatic nitrogens is 2. The summed E-state index contributed by atoms with van der Waals surface area (Å²) < 4.78 is 76.0. The predicted octanol–water partition coefficient (Wildman–Crippen LogP) is 9.84. The molecule has 0 radical (unpaired) electrons. The second kappa shape index (κ2) is 32.9. The molecule has 0 fully saturated rings. The molecule has 386 valence electrons. The number of alkyl halides is 3. The maximum absolute atomic E-state index is 12.0. The summed E-state index contributed by atoms with van der Waals surface area (Å²) in [6.07, 6.45) is 3.04. The van der Waals surface area contributed by atoms with Gasteiger partial charge >= 0.3 is 33.8 Å². The summed E-state index contributed by atoms with van der Waals surface area (Å²) in [6.45, 7) is 21.9. The van der Waals surface area contributed by atoms with Crippen LogP contribution in [0.3, 0.4) is 0 Å². The molecular weight excluding hydrogens is 940 g/mol. The third kappa shape index (κ3) is 36.9. The number of alkyl carbamates (subject to hydrolysis) is 2. The maximum Gasteiger partial charge on any atom is 0.518 e. The van der Waals surface area contributed by atoms with Gasteiger partial charge in [0.25, 0.3) is 0 Å². The zero-order valence-corrected chi connectivity index (χ0v) is 43.5. The Morgan fingerprint density at radius 2 is 1.06 bits per heavy atom. The van der Waals surface area contributed by atoms with Gasteiger partial charge in [0.1, 0.15) is 28.8 Å². The molecule has 0 aliphatic carbocycles. The van der Waals surface area contributed by atoms with E-state index in [9.17, 15) is 36.0 Å². The third-order valence-corrected chi connectivity index (χ3v) is 8.83. The van der Waals surface area contributed by atoms with Crippen molar-refractivity contribution in [3.63, 3.8) is 0 Å². The van der Waals surface area contributed by atoms with Gasteiger partial charge < -0.3 is 31.4 Å². The van der Waals surface area contributed by atoms with Gasteiger partial charge in [-0.25, -0.2) is 14.4 Å². The minimum atomic E-state index is -5.67. The molecule has 17 nitrogen and oxygen atoms in total. The Bertz CT molecular complexity index is 2100. The number of rotatable bonds is 6. The summed E-state index contributed by atoms with van der Waals surface area (Å²) in [5.74, 6) is -0.735. The number of hydrogen-bond acceptors (Lipinski definition) is 13. The van der Waals surface area contributed by atoms with Crippen LogP contribution in [0.4, 0.5) is 27.6 Å². The average Bonchev–Trinajstić information content (AvgIpc) is 3.79. The lowest BCUT2D eigenvalue weighted by Gasteiger charge is -2.22. The molecule has 0 saturated heterocycles. The molecule has 0 bridgehead atoms. The zero-order valence-electron chi connectivity index (χ0n) is 41.8. The number of nitrogens with zero attached hydrogens (tertiary/aromatic N) is 4. The van der Waals surface area contributed by atoms with E-state index in [1.54, 1.807) is 35.4 Å². The van der Waals surface area contributed by atoms with Gasteiger partial charge in [-0.1, -0.05) is 91.0 Å². The molecule has 0 saturated carbocycles. The minimum absolute atomic E-state index is 0.213. The number of nitrogens with two attached hydrogens (primary N) is 3. The Hall–Kier alpha value is -5.81.